The molecule has 1 amide bonds. The molecule has 2 rings (SSSR count). The number of nitrogens with one attached hydrogen (secondary N) is 1. The van der Waals surface area contributed by atoms with E-state index < -0.39 is 5.60 Å². The monoisotopic (exact) mass is 372 g/mol. The van der Waals surface area contributed by atoms with Crippen molar-refractivity contribution in [3.63, 3.8) is 0 Å². The molecule has 1 N–H and O–H groups in total. The molecule has 0 spiro atoms. The third-order valence-corrected chi connectivity index (χ3v) is 4.74. The van der Waals surface area contributed by atoms with Crippen LogP contribution in [-0.2, 0) is 4.74 Å². The maximum absolute atomic E-state index is 12.2. The molecule has 1 fully saturated rings. The average Bonchev–Trinajstić information content (AvgIpc) is 2.48. The van der Waals surface area contributed by atoms with Gasteiger partial charge in [0.1, 0.15) is 5.60 Å². The van der Waals surface area contributed by atoms with Crippen LogP contribution < -0.4 is 5.32 Å². The second-order valence-corrected chi connectivity index (χ2v) is 8.14. The smallest absolute Gasteiger partial charge is 0.410 e. The van der Waals surface area contributed by atoms with Crippen LogP contribution in [-0.4, -0.2) is 35.7 Å². The van der Waals surface area contributed by atoms with Crippen LogP contribution in [0, 0.1) is 0 Å². The topological polar surface area (TPSA) is 41.6 Å². The van der Waals surface area contributed by atoms with Crippen molar-refractivity contribution in [2.75, 3.05) is 13.1 Å². The number of nitrogens with zero attached hydrogens (tertiary/aromatic N) is 1. The van der Waals surface area contributed by atoms with Gasteiger partial charge < -0.3 is 15.0 Å². The van der Waals surface area contributed by atoms with Gasteiger partial charge in [-0.05, 0) is 58.2 Å². The predicted molar refractivity (Wildman–Crippen MR) is 98.8 cm³/mol. The fourth-order valence-electron chi connectivity index (χ4n) is 2.84. The quantitative estimate of drug-likeness (QED) is 0.807. The largest absolute Gasteiger partial charge is 0.444 e. The first-order valence-electron chi connectivity index (χ1n) is 8.34. The fraction of sp³-hybridized carbons (Fsp3) is 0.611. The molecule has 1 aliphatic heterocycles. The summed E-state index contributed by atoms with van der Waals surface area (Å²) in [5.41, 5.74) is 0.615. The summed E-state index contributed by atoms with van der Waals surface area (Å²) in [6.07, 6.45) is 1.76. The van der Waals surface area contributed by atoms with E-state index in [2.05, 4.69) is 12.2 Å². The van der Waals surface area contributed by atoms with Gasteiger partial charge in [-0.3, -0.25) is 0 Å². The number of hydrogen-bond acceptors (Lipinski definition) is 3. The Kier molecular flexibility index (Phi) is 6.40. The Balaban J connectivity index is 1.94. The first kappa shape index (κ1) is 19.4. The lowest BCUT2D eigenvalue weighted by atomic mass is 10.0. The van der Waals surface area contributed by atoms with Crippen molar-refractivity contribution in [2.24, 2.45) is 0 Å². The van der Waals surface area contributed by atoms with E-state index >= 15 is 0 Å². The van der Waals surface area contributed by atoms with Gasteiger partial charge in [0, 0.05) is 25.2 Å². The van der Waals surface area contributed by atoms with Crippen molar-refractivity contribution in [2.45, 2.75) is 58.2 Å². The first-order valence-corrected chi connectivity index (χ1v) is 9.10. The van der Waals surface area contributed by atoms with Crippen LogP contribution in [0.25, 0.3) is 0 Å². The number of carbonyl (C=O) groups is 1. The number of ether oxygens (including phenoxy) is 1. The molecule has 6 heteroatoms. The molecule has 24 heavy (non-hydrogen) atoms. The van der Waals surface area contributed by atoms with Crippen LogP contribution in [0.3, 0.4) is 0 Å². The molecule has 0 aliphatic carbocycles. The number of carbonyl (C=O) groups excluding carboxylic acids is 1. The highest BCUT2D eigenvalue weighted by Crippen LogP contribution is 2.26. The number of hydrogen-bond donors (Lipinski definition) is 1. The fourth-order valence-corrected chi connectivity index (χ4v) is 3.14. The third-order valence-electron chi connectivity index (χ3n) is 4.00. The number of piperidine rings is 1. The Morgan fingerprint density at radius 3 is 2.67 bits per heavy atom. The van der Waals surface area contributed by atoms with Crippen LogP contribution in [0.4, 0.5) is 4.79 Å². The molecule has 1 saturated heterocycles. The Bertz CT molecular complexity index is 587. The molecule has 1 aliphatic rings. The van der Waals surface area contributed by atoms with Crippen molar-refractivity contribution >= 4 is 29.3 Å². The van der Waals surface area contributed by atoms with Crippen molar-refractivity contribution in [3.8, 4) is 0 Å². The van der Waals surface area contributed by atoms with E-state index in [4.69, 9.17) is 27.9 Å². The third kappa shape index (κ3) is 5.54. The van der Waals surface area contributed by atoms with Crippen LogP contribution in [0.5, 0.6) is 0 Å². The summed E-state index contributed by atoms with van der Waals surface area (Å²) in [5.74, 6) is 0. The molecule has 1 aromatic carbocycles. The number of halogens is 2. The molecule has 0 radical (unpaired) electrons. The highest BCUT2D eigenvalue weighted by atomic mass is 35.5. The van der Waals surface area contributed by atoms with Crippen LogP contribution in [0.2, 0.25) is 10.0 Å². The molecule has 0 bridgehead atoms. The minimum absolute atomic E-state index is 0.128. The highest BCUT2D eigenvalue weighted by molar-refractivity contribution is 6.42. The standard InChI is InChI=1S/C18H26Cl2N2O2/c1-12(13-7-8-15(19)16(20)10-13)21-14-6-5-9-22(11-14)17(23)24-18(2,3)4/h7-8,10,12,14,21H,5-6,9,11H2,1-4H3. The lowest BCUT2D eigenvalue weighted by Crippen LogP contribution is -2.49. The molecular weight excluding hydrogens is 347 g/mol. The van der Waals surface area contributed by atoms with E-state index in [1.54, 1.807) is 4.90 Å². The van der Waals surface area contributed by atoms with Crippen LogP contribution >= 0.6 is 23.2 Å². The molecule has 1 heterocycles. The average molecular weight is 373 g/mol. The molecule has 0 saturated carbocycles. The van der Waals surface area contributed by atoms with Crippen molar-refractivity contribution in [1.82, 2.24) is 10.2 Å². The van der Waals surface area contributed by atoms with Gasteiger partial charge in [-0.15, -0.1) is 0 Å². The first-order chi connectivity index (χ1) is 11.2. The van der Waals surface area contributed by atoms with Gasteiger partial charge in [-0.1, -0.05) is 29.3 Å². The van der Waals surface area contributed by atoms with Gasteiger partial charge in [-0.2, -0.15) is 0 Å². The zero-order chi connectivity index (χ0) is 17.9. The normalized spacial score (nSPS) is 19.9. The van der Waals surface area contributed by atoms with E-state index in [-0.39, 0.29) is 18.2 Å². The summed E-state index contributed by atoms with van der Waals surface area (Å²) in [7, 11) is 0. The van der Waals surface area contributed by atoms with Gasteiger partial charge in [0.05, 0.1) is 10.0 Å². The van der Waals surface area contributed by atoms with E-state index in [0.29, 0.717) is 16.6 Å². The molecule has 0 aromatic heterocycles. The minimum Gasteiger partial charge on any atom is -0.444 e. The number of amides is 1. The van der Waals surface area contributed by atoms with Gasteiger partial charge in [0.2, 0.25) is 0 Å². The summed E-state index contributed by atoms with van der Waals surface area (Å²) in [4.78, 5) is 14.0. The van der Waals surface area contributed by atoms with E-state index in [1.165, 1.54) is 0 Å². The minimum atomic E-state index is -0.467. The second kappa shape index (κ2) is 7.94. The lowest BCUT2D eigenvalue weighted by Gasteiger charge is -2.35. The Morgan fingerprint density at radius 2 is 2.04 bits per heavy atom. The van der Waals surface area contributed by atoms with E-state index in [1.807, 2.05) is 39.0 Å². The summed E-state index contributed by atoms with van der Waals surface area (Å²) in [5, 5.41) is 4.69. The molecule has 4 nitrogen and oxygen atoms in total. The van der Waals surface area contributed by atoms with Gasteiger partial charge >= 0.3 is 6.09 Å². The van der Waals surface area contributed by atoms with Crippen molar-refractivity contribution in [3.05, 3.63) is 33.8 Å². The Morgan fingerprint density at radius 1 is 1.33 bits per heavy atom. The van der Waals surface area contributed by atoms with E-state index in [0.717, 1.165) is 24.9 Å². The summed E-state index contributed by atoms with van der Waals surface area (Å²) in [6, 6.07) is 6.03. The molecule has 2 atom stereocenters. The van der Waals surface area contributed by atoms with Crippen LogP contribution in [0.1, 0.15) is 52.1 Å². The molecular formula is C18H26Cl2N2O2. The van der Waals surface area contributed by atoms with Crippen molar-refractivity contribution < 1.29 is 9.53 Å². The number of likely N-dealkylation sites (tertiary alicyclic amines) is 1. The zero-order valence-electron chi connectivity index (χ0n) is 14.7. The summed E-state index contributed by atoms with van der Waals surface area (Å²) >= 11 is 12.1. The lowest BCUT2D eigenvalue weighted by molar-refractivity contribution is 0.0184. The summed E-state index contributed by atoms with van der Waals surface area (Å²) in [6.45, 7) is 9.14. The molecule has 2 unspecified atom stereocenters. The highest BCUT2D eigenvalue weighted by Gasteiger charge is 2.28. The SMILES string of the molecule is CC(NC1CCCN(C(=O)OC(C)(C)C)C1)c1ccc(Cl)c(Cl)c1. The van der Waals surface area contributed by atoms with Gasteiger partial charge in [-0.25, -0.2) is 4.79 Å². The maximum Gasteiger partial charge on any atom is 0.410 e. The molecule has 134 valence electrons. The summed E-state index contributed by atoms with van der Waals surface area (Å²) < 4.78 is 5.47. The maximum atomic E-state index is 12.2. The van der Waals surface area contributed by atoms with Crippen LogP contribution in [0.15, 0.2) is 18.2 Å². The van der Waals surface area contributed by atoms with Gasteiger partial charge in [0.15, 0.2) is 0 Å². The number of benzene rings is 1. The second-order valence-electron chi connectivity index (χ2n) is 7.33. The van der Waals surface area contributed by atoms with Gasteiger partial charge in [0.25, 0.3) is 0 Å². The predicted octanol–water partition coefficient (Wildman–Crippen LogP) is 5.04. The number of rotatable bonds is 3. The molecule has 1 aromatic rings. The Hall–Kier alpha value is -0.970. The van der Waals surface area contributed by atoms with E-state index in [9.17, 15) is 4.79 Å². The Labute approximate surface area is 154 Å². The van der Waals surface area contributed by atoms with Crippen molar-refractivity contribution in [1.29, 1.82) is 0 Å². The zero-order valence-corrected chi connectivity index (χ0v) is 16.2.